The van der Waals surface area contributed by atoms with Crippen LogP contribution in [-0.4, -0.2) is 248 Å². The van der Waals surface area contributed by atoms with Crippen LogP contribution >= 0.6 is 0 Å². The summed E-state index contributed by atoms with van der Waals surface area (Å²) in [6, 6.07) is -1.85. The number of amides is 6. The molecule has 0 aromatic carbocycles. The first-order valence-corrected chi connectivity index (χ1v) is 55.1. The quantitative estimate of drug-likeness (QED) is 0.0269. The van der Waals surface area contributed by atoms with Crippen molar-refractivity contribution < 1.29 is 126 Å². The molecule has 5 atom stereocenters. The number of nitrogens with zero attached hydrogens (tertiary/aromatic N) is 1. The summed E-state index contributed by atoms with van der Waals surface area (Å²) < 4.78 is 33.6. The minimum Gasteiger partial charge on any atom is -0.481 e. The van der Waals surface area contributed by atoms with Crippen molar-refractivity contribution in [2.24, 2.45) is 52.6 Å². The molecule has 2 aliphatic carbocycles. The number of ether oxygens (including phenoxy) is 6. The molecule has 1 aromatic heterocycles. The third kappa shape index (κ3) is 71.1. The Bertz CT molecular complexity index is 3630. The van der Waals surface area contributed by atoms with Crippen LogP contribution in [0.15, 0.2) is 12.5 Å². The molecule has 0 spiro atoms. The summed E-state index contributed by atoms with van der Waals surface area (Å²) >= 11 is 0. The molecular formula is C108H187N9O26. The first-order chi connectivity index (χ1) is 69.0. The van der Waals surface area contributed by atoms with Gasteiger partial charge in [-0.05, 0) is 140 Å². The van der Waals surface area contributed by atoms with Crippen molar-refractivity contribution in [2.45, 2.75) is 418 Å². The third-order valence-corrected chi connectivity index (χ3v) is 27.8. The monoisotopic (exact) mass is 2030 g/mol. The molecule has 0 saturated heterocycles. The zero-order valence-corrected chi connectivity index (χ0v) is 87.3. The molecule has 2 fully saturated rings. The highest BCUT2D eigenvalue weighted by Gasteiger charge is 2.36. The van der Waals surface area contributed by atoms with Gasteiger partial charge in [-0.2, -0.15) is 0 Å². The fraction of sp³-hybridized carbons (Fsp3) is 0.833. The van der Waals surface area contributed by atoms with Crippen molar-refractivity contribution in [1.82, 2.24) is 41.9 Å². The molecule has 2 saturated carbocycles. The van der Waals surface area contributed by atoms with Crippen LogP contribution < -0.4 is 37.6 Å². The summed E-state index contributed by atoms with van der Waals surface area (Å²) in [5.74, 6) is -10.2. The van der Waals surface area contributed by atoms with Crippen molar-refractivity contribution in [3.63, 3.8) is 0 Å². The first-order valence-electron chi connectivity index (χ1n) is 55.1. The lowest BCUT2D eigenvalue weighted by atomic mass is 9.78. The van der Waals surface area contributed by atoms with Crippen LogP contribution in [0.1, 0.15) is 405 Å². The Morgan fingerprint density at radius 1 is 0.357 bits per heavy atom. The van der Waals surface area contributed by atoms with Gasteiger partial charge in [-0.1, -0.05) is 200 Å². The number of aromatic nitrogens is 2. The number of nitrogens with one attached hydrogen (secondary N) is 7. The number of carbonyl (C=O) groups is 15. The highest BCUT2D eigenvalue weighted by Crippen LogP contribution is 2.34. The zero-order chi connectivity index (χ0) is 104. The molecule has 35 nitrogen and oxygen atoms in total. The summed E-state index contributed by atoms with van der Waals surface area (Å²) in [6.45, 7) is 8.24. The van der Waals surface area contributed by atoms with E-state index in [9.17, 15) is 87.2 Å². The van der Waals surface area contributed by atoms with Gasteiger partial charge < -0.3 is 96.6 Å². The molecule has 143 heavy (non-hydrogen) atoms. The van der Waals surface area contributed by atoms with Gasteiger partial charge in [0.15, 0.2) is 5.78 Å². The Morgan fingerprint density at radius 2 is 0.692 bits per heavy atom. The van der Waals surface area contributed by atoms with Crippen molar-refractivity contribution in [3.8, 4) is 0 Å². The van der Waals surface area contributed by atoms with E-state index < -0.39 is 82.8 Å². The van der Waals surface area contributed by atoms with E-state index in [0.29, 0.717) is 136 Å². The maximum atomic E-state index is 13.8. The largest absolute Gasteiger partial charge is 0.481 e. The lowest BCUT2D eigenvalue weighted by Gasteiger charge is -2.28. The molecule has 3 rings (SSSR count). The summed E-state index contributed by atoms with van der Waals surface area (Å²) in [7, 11) is 0. The number of aliphatic carboxylic acids is 5. The highest BCUT2D eigenvalue weighted by atomic mass is 16.6. The summed E-state index contributed by atoms with van der Waals surface area (Å²) in [5.41, 5.74) is 5.80. The third-order valence-electron chi connectivity index (χ3n) is 27.8. The van der Waals surface area contributed by atoms with Gasteiger partial charge in [0, 0.05) is 139 Å². The van der Waals surface area contributed by atoms with Gasteiger partial charge in [-0.25, -0.2) is 4.98 Å². The van der Waals surface area contributed by atoms with Crippen molar-refractivity contribution in [2.75, 3.05) is 112 Å². The minimum absolute atomic E-state index is 0.0166. The Labute approximate surface area is 852 Å². The van der Waals surface area contributed by atoms with Gasteiger partial charge in [0.2, 0.25) is 35.4 Å². The smallest absolute Gasteiger partial charge is 0.306 e. The maximum Gasteiger partial charge on any atom is 0.306 e. The summed E-state index contributed by atoms with van der Waals surface area (Å²) in [6.07, 6.45) is 48.3. The van der Waals surface area contributed by atoms with Crippen LogP contribution in [0.25, 0.3) is 0 Å². The number of hydrogen-bond acceptors (Lipinski definition) is 23. The van der Waals surface area contributed by atoms with E-state index in [1.165, 1.54) is 135 Å². The number of nitrogens with two attached hydrogens (primary N) is 1. The van der Waals surface area contributed by atoms with Gasteiger partial charge in [0.05, 0.1) is 109 Å². The average Bonchev–Trinajstić information content (AvgIpc) is 1.52. The lowest BCUT2D eigenvalue weighted by Crippen LogP contribution is -2.47. The number of carboxylic acids is 5. The molecule has 0 bridgehead atoms. The van der Waals surface area contributed by atoms with Crippen molar-refractivity contribution in [3.05, 3.63) is 18.2 Å². The minimum atomic E-state index is -1.21. The van der Waals surface area contributed by atoms with Crippen LogP contribution in [0.2, 0.25) is 0 Å². The van der Waals surface area contributed by atoms with Crippen LogP contribution in [0.3, 0.4) is 0 Å². The second kappa shape index (κ2) is 84.8. The van der Waals surface area contributed by atoms with Crippen molar-refractivity contribution in [1.29, 1.82) is 0 Å². The number of Topliss-reactive ketones (excluding diaryl/α,β-unsaturated/α-hetero) is 4. The van der Waals surface area contributed by atoms with E-state index >= 15 is 0 Å². The molecule has 1 aromatic rings. The van der Waals surface area contributed by atoms with Gasteiger partial charge in [-0.3, -0.25) is 71.9 Å². The van der Waals surface area contributed by atoms with Gasteiger partial charge in [0.1, 0.15) is 23.4 Å². The Hall–Kier alpha value is -8.22. The number of H-pyrrole nitrogens is 1. The number of aromatic amines is 1. The van der Waals surface area contributed by atoms with E-state index in [0.717, 1.165) is 103 Å². The molecule has 35 heteroatoms. The molecule has 6 amide bonds. The van der Waals surface area contributed by atoms with Crippen LogP contribution in [0.4, 0.5) is 0 Å². The molecule has 0 unspecified atom stereocenters. The molecule has 0 radical (unpaired) electrons. The lowest BCUT2D eigenvalue weighted by molar-refractivity contribution is -0.145. The molecule has 1 heterocycles. The first kappa shape index (κ1) is 129. The molecule has 820 valence electrons. The fourth-order valence-corrected chi connectivity index (χ4v) is 18.5. The number of ketones is 4. The number of carboxylic acid groups (broad SMARTS) is 5. The number of unbranched alkanes of at least 4 members (excludes halogenated alkanes) is 32. The zero-order valence-electron chi connectivity index (χ0n) is 87.3. The van der Waals surface area contributed by atoms with E-state index in [4.69, 9.17) is 44.4 Å². The number of carbonyl (C=O) groups excluding carboxylic acids is 10. The summed E-state index contributed by atoms with van der Waals surface area (Å²) in [4.78, 5) is 197. The second-order valence-corrected chi connectivity index (χ2v) is 40.6. The predicted octanol–water partition coefficient (Wildman–Crippen LogP) is 15.9. The van der Waals surface area contributed by atoms with Crippen LogP contribution in [0.5, 0.6) is 0 Å². The topological polar surface area (TPSA) is 539 Å². The number of imidazole rings is 1. The maximum absolute atomic E-state index is 13.8. The van der Waals surface area contributed by atoms with Gasteiger partial charge in [-0.15, -0.1) is 0 Å². The summed E-state index contributed by atoms with van der Waals surface area (Å²) in [5, 5.41) is 65.1. The van der Waals surface area contributed by atoms with Gasteiger partial charge >= 0.3 is 29.8 Å². The molecular weight excluding hydrogens is 1840 g/mol. The second-order valence-electron chi connectivity index (χ2n) is 40.6. The number of hydrogen-bond donors (Lipinski definition) is 13. The van der Waals surface area contributed by atoms with Crippen LogP contribution in [-0.2, 0) is 107 Å². The SMILES string of the molecule is CC(C)(CC(=O)[C@@H](N)Cc1cnc[nH]1)C(=O)CC[C@@H](CCCCNC(=O)CCOCCOCCOCCOCCOCCOCCNC(=O)[C@H](CCCCNC(=O)CC[C@H](CC(=O)C1CCC(CNC(=O)CCCCCCCCCCCCCCCCCCC(=O)O)CC1)C(=O)O)NC(=O)CC[C@H](CC(=O)C1CCC(CNC(=O)CCCCCCCCCCCCCCCCCCC(=O)O)CC1)C(=O)O)C(=O)O. The molecule has 2 aliphatic rings. The van der Waals surface area contributed by atoms with Crippen LogP contribution in [0, 0.1) is 46.8 Å². The Morgan fingerprint density at radius 3 is 1.06 bits per heavy atom. The highest BCUT2D eigenvalue weighted by molar-refractivity contribution is 5.93. The van der Waals surface area contributed by atoms with Gasteiger partial charge in [0.25, 0.3) is 0 Å². The predicted molar refractivity (Wildman–Crippen MR) is 546 cm³/mol. The Balaban J connectivity index is 1.32. The van der Waals surface area contributed by atoms with Crippen molar-refractivity contribution >= 4 is 88.4 Å². The van der Waals surface area contributed by atoms with E-state index in [1.54, 1.807) is 20.0 Å². The normalized spacial score (nSPS) is 15.9. The van der Waals surface area contributed by atoms with E-state index in [2.05, 4.69) is 41.9 Å². The Kier molecular flexibility index (Phi) is 76.5. The van der Waals surface area contributed by atoms with E-state index in [1.807, 2.05) is 0 Å². The number of rotatable bonds is 99. The van der Waals surface area contributed by atoms with E-state index in [-0.39, 0.29) is 207 Å². The standard InChI is InChI=1S/C108H187N9O26/c1-108(2,78-95(120)91(109)77-90-81-110-82-116-90)96(121)56-53-87(105(132)133)39-35-37-60-112-100(125)59-63-138-65-67-140-69-71-142-73-74-143-72-70-141-68-66-139-64-62-113-104(131)92(117-101(126)58-55-89(107(136)137)76-94(119)86-51-47-84(48-52-86)80-115-98(123)42-32-28-24-20-16-12-8-4-6-10-14-18-22-26-30-34-44-103(129)130)40-36-38-61-111-99(124)57-54-88(106(134)135)75-93(118)85-49-45-83(46-50-85)79-114-97(122)41-31-27-23-19-15-11-7-3-5-9-13-17-21-25-29-33-43-102(127)128/h81-89,91-92H,3-80,109H2,1-2H3,(H,110,116)(H,111,124)(H,112,125)(H,113,131)(H,114,122)(H,115,123)(H,117,126)(H,127,128)(H,129,130)(H,132,133)(H,134,135)(H,136,137)/t83?,84?,85?,86?,87-,88-,89-,91+,92+/m1/s1. The fourth-order valence-electron chi connectivity index (χ4n) is 18.5. The average molecular weight is 2030 g/mol. The molecule has 14 N–H and O–H groups in total. The molecule has 0 aliphatic heterocycles.